The van der Waals surface area contributed by atoms with E-state index in [0.29, 0.717) is 5.56 Å². The summed E-state index contributed by atoms with van der Waals surface area (Å²) in [6, 6.07) is 46.9. The van der Waals surface area contributed by atoms with Crippen LogP contribution in [0.5, 0.6) is 0 Å². The van der Waals surface area contributed by atoms with E-state index in [0.717, 1.165) is 39.5 Å². The lowest BCUT2D eigenvalue weighted by Gasteiger charge is -2.26. The minimum Gasteiger partial charge on any atom is -0.477 e. The van der Waals surface area contributed by atoms with Gasteiger partial charge in [0.25, 0.3) is 0 Å². The van der Waals surface area contributed by atoms with E-state index in [9.17, 15) is 15.2 Å². The number of carboxylic acids is 1. The second-order valence-electron chi connectivity index (χ2n) is 10.4. The number of para-hydroxylation sites is 2. The maximum Gasteiger partial charge on any atom is 0.346 e. The summed E-state index contributed by atoms with van der Waals surface area (Å²) in [4.78, 5) is 13.5. The molecule has 0 radical (unpaired) electrons. The molecule has 0 saturated carbocycles. The molecule has 0 aliphatic rings. The Labute approximate surface area is 254 Å². The summed E-state index contributed by atoms with van der Waals surface area (Å²) in [5.41, 5.74) is 7.57. The van der Waals surface area contributed by atoms with E-state index in [2.05, 4.69) is 111 Å². The zero-order valence-corrected chi connectivity index (χ0v) is 23.6. The largest absolute Gasteiger partial charge is 0.477 e. The van der Waals surface area contributed by atoms with Gasteiger partial charge in [0, 0.05) is 40.8 Å². The van der Waals surface area contributed by atoms with Crippen molar-refractivity contribution < 1.29 is 9.90 Å². The zero-order chi connectivity index (χ0) is 30.0. The number of carbonyl (C=O) groups is 1. The summed E-state index contributed by atoms with van der Waals surface area (Å²) in [5, 5.41) is 20.8. The summed E-state index contributed by atoms with van der Waals surface area (Å²) in [6.45, 7) is 0. The molecule has 0 saturated heterocycles. The molecule has 5 aromatic carbocycles. The highest BCUT2D eigenvalue weighted by Gasteiger charge is 2.14. The van der Waals surface area contributed by atoms with Crippen LogP contribution in [0.3, 0.4) is 0 Å². The predicted molar refractivity (Wildman–Crippen MR) is 176 cm³/mol. The van der Waals surface area contributed by atoms with Gasteiger partial charge in [0.15, 0.2) is 0 Å². The number of fused-ring (bicyclic) bond motifs is 2. The van der Waals surface area contributed by atoms with E-state index in [1.54, 1.807) is 6.07 Å². The van der Waals surface area contributed by atoms with Crippen molar-refractivity contribution >= 4 is 50.9 Å². The van der Waals surface area contributed by atoms with Gasteiger partial charge in [-0.2, -0.15) is 5.26 Å². The van der Waals surface area contributed by atoms with Gasteiger partial charge in [-0.1, -0.05) is 48.5 Å². The minimum absolute atomic E-state index is 0.309. The maximum atomic E-state index is 11.3. The van der Waals surface area contributed by atoms with E-state index >= 15 is 0 Å². The van der Waals surface area contributed by atoms with Crippen molar-refractivity contribution in [3.8, 4) is 17.4 Å². The van der Waals surface area contributed by atoms with Crippen LogP contribution in [0.2, 0.25) is 0 Å². The number of hydrogen-bond acceptors (Lipinski definition) is 3. The first kappa shape index (κ1) is 26.6. The van der Waals surface area contributed by atoms with Gasteiger partial charge >= 0.3 is 5.97 Å². The van der Waals surface area contributed by atoms with Gasteiger partial charge in [0.1, 0.15) is 11.6 Å². The summed E-state index contributed by atoms with van der Waals surface area (Å²) >= 11 is 0. The van der Waals surface area contributed by atoms with Gasteiger partial charge in [0.2, 0.25) is 0 Å². The molecule has 6 nitrogen and oxygen atoms in total. The molecule has 0 bridgehead atoms. The predicted octanol–water partition coefficient (Wildman–Crippen LogP) is 9.04. The fourth-order valence-electron chi connectivity index (χ4n) is 5.62. The topological polar surface area (TPSA) is 74.2 Å². The Morgan fingerprint density at radius 1 is 0.614 bits per heavy atom. The molecule has 7 rings (SSSR count). The number of benzene rings is 5. The first-order valence-electron chi connectivity index (χ1n) is 14.2. The van der Waals surface area contributed by atoms with Gasteiger partial charge < -0.3 is 19.1 Å². The summed E-state index contributed by atoms with van der Waals surface area (Å²) in [7, 11) is 0. The monoisotopic (exact) mass is 570 g/mol. The second-order valence-corrected chi connectivity index (χ2v) is 10.4. The Bertz CT molecular complexity index is 2080. The Morgan fingerprint density at radius 3 is 1.48 bits per heavy atom. The molecule has 6 heteroatoms. The SMILES string of the molecule is N#C/C(=C\c1ccc(N(c2ccc(-n3ccc4ccccc43)cc2)c2ccc(-n3ccc4ccccc43)cc2)cc1)C(=O)O. The fraction of sp³-hybridized carbons (Fsp3) is 0. The minimum atomic E-state index is -1.25. The van der Waals surface area contributed by atoms with E-state index in [1.165, 1.54) is 16.8 Å². The molecule has 0 fully saturated rings. The summed E-state index contributed by atoms with van der Waals surface area (Å²) in [6.07, 6.45) is 5.54. The van der Waals surface area contributed by atoms with E-state index < -0.39 is 5.97 Å². The standard InChI is InChI=1S/C38H26N4O2/c39-26-30(38(43)44)25-27-9-11-33(12-10-27)42(34-17-13-31(14-18-34)40-23-21-28-5-1-3-7-36(28)40)35-19-15-32(16-20-35)41-24-22-29-6-2-4-8-37(29)41/h1-25H,(H,43,44)/b30-25+. The quantitative estimate of drug-likeness (QED) is 0.153. The molecule has 210 valence electrons. The zero-order valence-electron chi connectivity index (χ0n) is 23.6. The van der Waals surface area contributed by atoms with Crippen LogP contribution in [0.4, 0.5) is 17.1 Å². The first-order valence-corrected chi connectivity index (χ1v) is 14.2. The Morgan fingerprint density at radius 2 is 1.05 bits per heavy atom. The van der Waals surface area contributed by atoms with Gasteiger partial charge in [-0.25, -0.2) is 4.79 Å². The van der Waals surface area contributed by atoms with Gasteiger partial charge in [-0.15, -0.1) is 0 Å². The van der Waals surface area contributed by atoms with Gasteiger partial charge in [-0.3, -0.25) is 0 Å². The Hall–Kier alpha value is -6.32. The van der Waals surface area contributed by atoms with Crippen molar-refractivity contribution in [2.24, 2.45) is 0 Å². The van der Waals surface area contributed by atoms with Crippen LogP contribution < -0.4 is 4.90 Å². The maximum absolute atomic E-state index is 11.3. The van der Waals surface area contributed by atoms with Crippen LogP contribution in [0, 0.1) is 11.3 Å². The average molecular weight is 571 g/mol. The molecule has 0 amide bonds. The van der Waals surface area contributed by atoms with E-state index in [1.807, 2.05) is 48.5 Å². The number of aromatic nitrogens is 2. The highest BCUT2D eigenvalue weighted by Crippen LogP contribution is 2.36. The highest BCUT2D eigenvalue weighted by molar-refractivity contribution is 5.96. The number of nitriles is 1. The first-order chi connectivity index (χ1) is 21.6. The number of aliphatic carboxylic acids is 1. The van der Waals surface area contributed by atoms with Crippen molar-refractivity contribution in [3.05, 3.63) is 157 Å². The highest BCUT2D eigenvalue weighted by atomic mass is 16.4. The number of nitrogens with zero attached hydrogens (tertiary/aromatic N) is 4. The van der Waals surface area contributed by atoms with Crippen LogP contribution in [0.1, 0.15) is 5.56 Å². The second kappa shape index (κ2) is 11.2. The number of anilines is 3. The van der Waals surface area contributed by atoms with Crippen molar-refractivity contribution in [2.75, 3.05) is 4.90 Å². The molecular formula is C38H26N4O2. The number of rotatable bonds is 7. The molecule has 2 aromatic heterocycles. The average Bonchev–Trinajstić information content (AvgIpc) is 3.70. The van der Waals surface area contributed by atoms with Crippen LogP contribution in [0.25, 0.3) is 39.3 Å². The third-order valence-electron chi connectivity index (χ3n) is 7.78. The lowest BCUT2D eigenvalue weighted by Crippen LogP contribution is -2.10. The molecular weight excluding hydrogens is 544 g/mol. The summed E-state index contributed by atoms with van der Waals surface area (Å²) < 4.78 is 4.35. The number of carboxylic acid groups (broad SMARTS) is 1. The van der Waals surface area contributed by atoms with E-state index in [4.69, 9.17) is 0 Å². The third-order valence-corrected chi connectivity index (χ3v) is 7.78. The van der Waals surface area contributed by atoms with Crippen LogP contribution >= 0.6 is 0 Å². The van der Waals surface area contributed by atoms with Crippen molar-refractivity contribution in [2.45, 2.75) is 0 Å². The smallest absolute Gasteiger partial charge is 0.346 e. The molecule has 1 N–H and O–H groups in total. The van der Waals surface area contributed by atoms with Gasteiger partial charge in [0.05, 0.1) is 11.0 Å². The molecule has 2 heterocycles. The van der Waals surface area contributed by atoms with Crippen molar-refractivity contribution in [3.63, 3.8) is 0 Å². The van der Waals surface area contributed by atoms with E-state index in [-0.39, 0.29) is 5.57 Å². The Balaban J connectivity index is 1.28. The molecule has 7 aromatic rings. The lowest BCUT2D eigenvalue weighted by atomic mass is 10.1. The lowest BCUT2D eigenvalue weighted by molar-refractivity contribution is -0.132. The molecule has 0 spiro atoms. The van der Waals surface area contributed by atoms with Crippen LogP contribution in [-0.4, -0.2) is 20.2 Å². The molecule has 44 heavy (non-hydrogen) atoms. The molecule has 0 unspecified atom stereocenters. The van der Waals surface area contributed by atoms with Crippen molar-refractivity contribution in [1.82, 2.24) is 9.13 Å². The molecule has 0 aliphatic heterocycles. The van der Waals surface area contributed by atoms with Gasteiger partial charge in [-0.05, 0) is 107 Å². The third kappa shape index (κ3) is 4.89. The Kier molecular flexibility index (Phi) is 6.74. The molecule has 0 atom stereocenters. The van der Waals surface area contributed by atoms with Crippen LogP contribution in [-0.2, 0) is 4.79 Å². The van der Waals surface area contributed by atoms with Crippen molar-refractivity contribution in [1.29, 1.82) is 5.26 Å². The normalized spacial score (nSPS) is 11.5. The number of hydrogen-bond donors (Lipinski definition) is 1. The van der Waals surface area contributed by atoms with Crippen LogP contribution in [0.15, 0.2) is 151 Å². The molecule has 0 aliphatic carbocycles. The fourth-order valence-corrected chi connectivity index (χ4v) is 5.62. The summed E-state index contributed by atoms with van der Waals surface area (Å²) in [5.74, 6) is -1.25.